The SMILES string of the molecule is CCN(C)S(=O)(=O)NC[C@H](O)c1c(F)cccc1F. The minimum Gasteiger partial charge on any atom is -0.387 e. The Morgan fingerprint density at radius 3 is 2.37 bits per heavy atom. The lowest BCUT2D eigenvalue weighted by Crippen LogP contribution is -2.40. The molecular weight excluding hydrogens is 278 g/mol. The van der Waals surface area contributed by atoms with Crippen LogP contribution in [0.25, 0.3) is 0 Å². The molecule has 2 N–H and O–H groups in total. The van der Waals surface area contributed by atoms with E-state index in [1.165, 1.54) is 7.05 Å². The van der Waals surface area contributed by atoms with Crippen molar-refractivity contribution in [2.45, 2.75) is 13.0 Å². The Morgan fingerprint density at radius 1 is 1.37 bits per heavy atom. The highest BCUT2D eigenvalue weighted by molar-refractivity contribution is 7.87. The molecule has 0 amide bonds. The Hall–Kier alpha value is -1.09. The predicted molar refractivity (Wildman–Crippen MR) is 66.5 cm³/mol. The molecule has 5 nitrogen and oxygen atoms in total. The maximum absolute atomic E-state index is 13.4. The summed E-state index contributed by atoms with van der Waals surface area (Å²) < 4.78 is 53.0. The van der Waals surface area contributed by atoms with Gasteiger partial charge in [-0.25, -0.2) is 8.78 Å². The number of benzene rings is 1. The Kier molecular flexibility index (Phi) is 5.36. The third kappa shape index (κ3) is 3.93. The number of aliphatic hydroxyl groups excluding tert-OH is 1. The van der Waals surface area contributed by atoms with Gasteiger partial charge in [-0.1, -0.05) is 13.0 Å². The second-order valence-corrected chi connectivity index (χ2v) is 5.78. The third-order valence-electron chi connectivity index (χ3n) is 2.65. The summed E-state index contributed by atoms with van der Waals surface area (Å²) in [5, 5.41) is 9.67. The molecule has 8 heteroatoms. The normalized spacial score (nSPS) is 13.8. The van der Waals surface area contributed by atoms with Crippen LogP contribution in [0.4, 0.5) is 8.78 Å². The van der Waals surface area contributed by atoms with E-state index >= 15 is 0 Å². The molecule has 0 fully saturated rings. The van der Waals surface area contributed by atoms with Crippen molar-refractivity contribution in [2.75, 3.05) is 20.1 Å². The van der Waals surface area contributed by atoms with Crippen LogP contribution in [0.5, 0.6) is 0 Å². The Bertz CT molecular complexity index is 516. The van der Waals surface area contributed by atoms with Crippen molar-refractivity contribution in [3.8, 4) is 0 Å². The first-order chi connectivity index (χ1) is 8.79. The van der Waals surface area contributed by atoms with Crippen molar-refractivity contribution in [1.29, 1.82) is 0 Å². The molecule has 1 atom stereocenters. The summed E-state index contributed by atoms with van der Waals surface area (Å²) in [5.74, 6) is -1.84. The summed E-state index contributed by atoms with van der Waals surface area (Å²) in [7, 11) is -2.42. The molecule has 0 unspecified atom stereocenters. The standard InChI is InChI=1S/C11H16F2N2O3S/c1-3-15(2)19(17,18)14-7-10(16)11-8(12)5-4-6-9(11)13/h4-6,10,14,16H,3,7H2,1-2H3/t10-/m0/s1. The van der Waals surface area contributed by atoms with Crippen LogP contribution in [0.3, 0.4) is 0 Å². The summed E-state index contributed by atoms with van der Waals surface area (Å²) in [6.07, 6.45) is -1.60. The monoisotopic (exact) mass is 294 g/mol. The zero-order valence-electron chi connectivity index (χ0n) is 10.6. The van der Waals surface area contributed by atoms with Crippen molar-refractivity contribution in [3.63, 3.8) is 0 Å². The molecule has 108 valence electrons. The van der Waals surface area contributed by atoms with E-state index in [4.69, 9.17) is 0 Å². The molecule has 1 aromatic rings. The van der Waals surface area contributed by atoms with Crippen LogP contribution in [0.2, 0.25) is 0 Å². The first-order valence-electron chi connectivity index (χ1n) is 5.62. The second kappa shape index (κ2) is 6.38. The quantitative estimate of drug-likeness (QED) is 0.815. The van der Waals surface area contributed by atoms with Crippen LogP contribution < -0.4 is 4.72 Å². The third-order valence-corrected chi connectivity index (χ3v) is 4.26. The Labute approximate surface area is 111 Å². The summed E-state index contributed by atoms with van der Waals surface area (Å²) in [6.45, 7) is 1.36. The maximum Gasteiger partial charge on any atom is 0.279 e. The van der Waals surface area contributed by atoms with Crippen molar-refractivity contribution in [3.05, 3.63) is 35.4 Å². The number of hydrogen-bond donors (Lipinski definition) is 2. The van der Waals surface area contributed by atoms with Crippen LogP contribution in [0.1, 0.15) is 18.6 Å². The van der Waals surface area contributed by atoms with Gasteiger partial charge in [0, 0.05) is 20.1 Å². The predicted octanol–water partition coefficient (Wildman–Crippen LogP) is 0.784. The fraction of sp³-hybridized carbons (Fsp3) is 0.455. The molecule has 0 aromatic heterocycles. The molecule has 0 saturated carbocycles. The van der Waals surface area contributed by atoms with Gasteiger partial charge in [-0.2, -0.15) is 17.4 Å². The fourth-order valence-electron chi connectivity index (χ4n) is 1.40. The van der Waals surface area contributed by atoms with E-state index in [1.807, 2.05) is 0 Å². The lowest BCUT2D eigenvalue weighted by molar-refractivity contribution is 0.171. The molecule has 0 saturated heterocycles. The van der Waals surface area contributed by atoms with Gasteiger partial charge in [0.1, 0.15) is 11.6 Å². The van der Waals surface area contributed by atoms with E-state index in [1.54, 1.807) is 6.92 Å². The minimum absolute atomic E-state index is 0.236. The van der Waals surface area contributed by atoms with Gasteiger partial charge in [-0.3, -0.25) is 0 Å². The lowest BCUT2D eigenvalue weighted by Gasteiger charge is -2.18. The van der Waals surface area contributed by atoms with E-state index in [-0.39, 0.29) is 6.54 Å². The van der Waals surface area contributed by atoms with Crippen molar-refractivity contribution >= 4 is 10.2 Å². The number of nitrogens with one attached hydrogen (secondary N) is 1. The maximum atomic E-state index is 13.4. The van der Waals surface area contributed by atoms with Crippen LogP contribution >= 0.6 is 0 Å². The van der Waals surface area contributed by atoms with Gasteiger partial charge < -0.3 is 5.11 Å². The van der Waals surface area contributed by atoms with Gasteiger partial charge in [0.05, 0.1) is 11.7 Å². The highest BCUT2D eigenvalue weighted by Gasteiger charge is 2.21. The molecule has 19 heavy (non-hydrogen) atoms. The number of rotatable bonds is 6. The van der Waals surface area contributed by atoms with Gasteiger partial charge in [0.25, 0.3) is 10.2 Å². The van der Waals surface area contributed by atoms with Crippen LogP contribution in [0.15, 0.2) is 18.2 Å². The molecule has 1 rings (SSSR count). The largest absolute Gasteiger partial charge is 0.387 e. The van der Waals surface area contributed by atoms with Crippen LogP contribution in [-0.4, -0.2) is 38.0 Å². The first kappa shape index (κ1) is 16.0. The minimum atomic E-state index is -3.76. The average molecular weight is 294 g/mol. The number of hydrogen-bond acceptors (Lipinski definition) is 3. The molecule has 0 radical (unpaired) electrons. The van der Waals surface area contributed by atoms with Gasteiger partial charge in [-0.05, 0) is 12.1 Å². The molecule has 0 aliphatic carbocycles. The molecular formula is C11H16F2N2O3S. The van der Waals surface area contributed by atoms with Crippen molar-refractivity contribution in [2.24, 2.45) is 0 Å². The summed E-state index contributed by atoms with van der Waals surface area (Å²) >= 11 is 0. The molecule has 0 bridgehead atoms. The van der Waals surface area contributed by atoms with Crippen LogP contribution in [-0.2, 0) is 10.2 Å². The Balaban J connectivity index is 2.79. The summed E-state index contributed by atoms with van der Waals surface area (Å²) in [6, 6.07) is 3.15. The highest BCUT2D eigenvalue weighted by Crippen LogP contribution is 2.20. The smallest absolute Gasteiger partial charge is 0.279 e. The second-order valence-electron chi connectivity index (χ2n) is 3.92. The van der Waals surface area contributed by atoms with E-state index in [9.17, 15) is 22.3 Å². The van der Waals surface area contributed by atoms with Crippen molar-refractivity contribution in [1.82, 2.24) is 9.03 Å². The van der Waals surface area contributed by atoms with Crippen LogP contribution in [0, 0.1) is 11.6 Å². The van der Waals surface area contributed by atoms with E-state index < -0.39 is 40.1 Å². The lowest BCUT2D eigenvalue weighted by atomic mass is 10.1. The van der Waals surface area contributed by atoms with E-state index in [2.05, 4.69) is 4.72 Å². The zero-order valence-corrected chi connectivity index (χ0v) is 11.4. The van der Waals surface area contributed by atoms with Crippen molar-refractivity contribution < 1.29 is 22.3 Å². The summed E-state index contributed by atoms with van der Waals surface area (Å²) in [5.41, 5.74) is -0.552. The number of halogens is 2. The highest BCUT2D eigenvalue weighted by atomic mass is 32.2. The van der Waals surface area contributed by atoms with Gasteiger partial charge in [0.15, 0.2) is 0 Å². The molecule has 0 spiro atoms. The van der Waals surface area contributed by atoms with E-state index in [0.717, 1.165) is 22.5 Å². The molecule has 0 aliphatic rings. The summed E-state index contributed by atoms with van der Waals surface area (Å²) in [4.78, 5) is 0. The zero-order chi connectivity index (χ0) is 14.6. The molecule has 0 aliphatic heterocycles. The molecule has 0 heterocycles. The topological polar surface area (TPSA) is 69.6 Å². The Morgan fingerprint density at radius 2 is 1.89 bits per heavy atom. The van der Waals surface area contributed by atoms with E-state index in [0.29, 0.717) is 0 Å². The number of nitrogens with zero attached hydrogens (tertiary/aromatic N) is 1. The fourth-order valence-corrected chi connectivity index (χ4v) is 2.32. The average Bonchev–Trinajstić information content (AvgIpc) is 2.35. The first-order valence-corrected chi connectivity index (χ1v) is 7.06. The van der Waals surface area contributed by atoms with Gasteiger partial charge >= 0.3 is 0 Å². The molecule has 1 aromatic carbocycles. The van der Waals surface area contributed by atoms with Gasteiger partial charge in [0.2, 0.25) is 0 Å². The van der Waals surface area contributed by atoms with Gasteiger partial charge in [-0.15, -0.1) is 0 Å². The number of aliphatic hydroxyl groups is 1.